The summed E-state index contributed by atoms with van der Waals surface area (Å²) >= 11 is 0. The number of fused-ring (bicyclic) bond motifs is 20. The molecule has 9 aliphatic rings. The molecule has 17 atom stereocenters. The molecule has 51 heavy (non-hydrogen) atoms. The fraction of sp³-hybridized carbons (Fsp3) is 0.846. The van der Waals surface area contributed by atoms with E-state index < -0.39 is 9.84 Å². The zero-order chi connectivity index (χ0) is 33.4. The summed E-state index contributed by atoms with van der Waals surface area (Å²) in [6.45, 7) is 0. The van der Waals surface area contributed by atoms with E-state index in [4.69, 9.17) is 0 Å². The van der Waals surface area contributed by atoms with Crippen LogP contribution in [-0.2, 0) is 32.7 Å². The molecular weight excluding hydrogens is 708 g/mol. The predicted octanol–water partition coefficient (Wildman–Crippen LogP) is 3.20. The van der Waals surface area contributed by atoms with Gasteiger partial charge in [-0.15, -0.1) is 0 Å². The molecule has 1 radical (unpaired) electrons. The molecule has 17 unspecified atom stereocenters. The van der Waals surface area contributed by atoms with E-state index in [1.807, 2.05) is 30.3 Å². The molecule has 0 aromatic heterocycles. The van der Waals surface area contributed by atoms with Crippen LogP contribution in [0.2, 0.25) is 0 Å². The first-order valence-corrected chi connectivity index (χ1v) is 22.6. The summed E-state index contributed by atoms with van der Waals surface area (Å²) in [5, 5.41) is 33.0. The molecule has 5 heterocycles. The Balaban J connectivity index is 0.00000348. The summed E-state index contributed by atoms with van der Waals surface area (Å²) in [6.07, 6.45) is 19.9. The van der Waals surface area contributed by atoms with Crippen LogP contribution in [0.3, 0.4) is 0 Å². The third-order valence-electron chi connectivity index (χ3n) is 15.5. The van der Waals surface area contributed by atoms with Crippen LogP contribution in [0.15, 0.2) is 30.3 Å². The molecule has 12 heteroatoms. The van der Waals surface area contributed by atoms with E-state index >= 15 is 0 Å². The van der Waals surface area contributed by atoms with Crippen molar-refractivity contribution in [2.24, 2.45) is 47.3 Å². The van der Waals surface area contributed by atoms with Crippen molar-refractivity contribution in [3.8, 4) is 0 Å². The summed E-state index contributed by atoms with van der Waals surface area (Å²) in [5.41, 5.74) is 0.904. The van der Waals surface area contributed by atoms with E-state index in [0.717, 1.165) is 24.8 Å². The van der Waals surface area contributed by atoms with Gasteiger partial charge in [-0.1, -0.05) is 75.3 Å². The van der Waals surface area contributed by atoms with Gasteiger partial charge in [-0.3, -0.25) is 42.5 Å². The van der Waals surface area contributed by atoms with Gasteiger partial charge in [0.25, 0.3) is 0 Å². The monoisotopic (exact) mass is 769 g/mol. The maximum atomic E-state index is 14.4. The van der Waals surface area contributed by atoms with Gasteiger partial charge in [-0.25, -0.2) is 8.42 Å². The van der Waals surface area contributed by atoms with Crippen molar-refractivity contribution in [1.82, 2.24) is 42.5 Å². The molecule has 10 rings (SSSR count). The Labute approximate surface area is 316 Å². The minimum Gasteiger partial charge on any atom is -0.286 e. The second kappa shape index (κ2) is 14.8. The van der Waals surface area contributed by atoms with Crippen molar-refractivity contribution in [2.75, 3.05) is 0 Å². The number of rotatable bonds is 3. The van der Waals surface area contributed by atoms with E-state index in [2.05, 4.69) is 42.5 Å². The van der Waals surface area contributed by atoms with E-state index in [0.29, 0.717) is 47.8 Å². The zero-order valence-corrected chi connectivity index (χ0v) is 31.8. The van der Waals surface area contributed by atoms with Crippen LogP contribution < -0.4 is 42.5 Å². The van der Waals surface area contributed by atoms with Crippen molar-refractivity contribution in [3.05, 3.63) is 35.9 Å². The van der Waals surface area contributed by atoms with Gasteiger partial charge in [-0.05, 0) is 98.4 Å². The van der Waals surface area contributed by atoms with Crippen LogP contribution in [0.5, 0.6) is 0 Å². The Morgan fingerprint density at radius 3 is 1.16 bits per heavy atom. The first-order chi connectivity index (χ1) is 24.5. The maximum absolute atomic E-state index is 14.4. The molecule has 5 saturated heterocycles. The quantitative estimate of drug-likeness (QED) is 0.217. The first-order valence-electron chi connectivity index (χ1n) is 20.8. The largest absolute Gasteiger partial charge is 0.286 e. The van der Waals surface area contributed by atoms with Crippen LogP contribution in [-0.4, -0.2) is 63.0 Å². The van der Waals surface area contributed by atoms with Gasteiger partial charge in [0.2, 0.25) is 0 Å². The fourth-order valence-electron chi connectivity index (χ4n) is 13.3. The van der Waals surface area contributed by atoms with E-state index in [9.17, 15) is 8.42 Å². The Bertz CT molecular complexity index is 1470. The van der Waals surface area contributed by atoms with Gasteiger partial charge >= 0.3 is 0 Å². The second-order valence-corrected chi connectivity index (χ2v) is 20.2. The van der Waals surface area contributed by atoms with Gasteiger partial charge in [0, 0.05) is 23.0 Å². The standard InChI is InChI=1S/C39H62N8O2S.Cu/c48-50(49,21-22-11-2-1-3-12-22)30-20-10-19-29-31(30)39-46-37-28-18-9-8-17-27(28)35(44-37)42-33-24-14-5-4-13-23(24)32(40-33)41-34-25-15-6-7-16-26(25)36(43-34)45-38(29)47-39;/h1-3,11-12,23-47H,4-10,13-21H2;. The molecule has 4 aliphatic carbocycles. The summed E-state index contributed by atoms with van der Waals surface area (Å²) in [5.74, 6) is 4.08. The van der Waals surface area contributed by atoms with E-state index in [1.165, 1.54) is 77.0 Å². The molecule has 1 aromatic rings. The molecule has 5 aliphatic heterocycles. The molecule has 287 valence electrons. The molecule has 8 bridgehead atoms. The van der Waals surface area contributed by atoms with Crippen LogP contribution in [0.1, 0.15) is 102 Å². The Hall–Kier alpha value is -0.631. The number of sulfone groups is 1. The minimum atomic E-state index is -3.37. The third kappa shape index (κ3) is 6.62. The van der Waals surface area contributed by atoms with Crippen LogP contribution in [0.4, 0.5) is 0 Å². The van der Waals surface area contributed by atoms with Crippen molar-refractivity contribution in [1.29, 1.82) is 0 Å². The Kier molecular flexibility index (Phi) is 10.5. The van der Waals surface area contributed by atoms with Gasteiger partial charge < -0.3 is 0 Å². The number of benzene rings is 1. The zero-order valence-electron chi connectivity index (χ0n) is 30.0. The molecular formula is C39H62CuN8O2S. The normalized spacial score (nSPS) is 49.2. The van der Waals surface area contributed by atoms with Gasteiger partial charge in [-0.2, -0.15) is 0 Å². The van der Waals surface area contributed by atoms with Crippen molar-refractivity contribution in [2.45, 2.75) is 157 Å². The molecule has 10 nitrogen and oxygen atoms in total. The summed E-state index contributed by atoms with van der Waals surface area (Å²) in [4.78, 5) is 0. The van der Waals surface area contributed by atoms with Gasteiger partial charge in [0.1, 0.15) is 0 Å². The minimum absolute atomic E-state index is 0. The summed E-state index contributed by atoms with van der Waals surface area (Å²) < 4.78 is 28.9. The Morgan fingerprint density at radius 2 is 0.765 bits per heavy atom. The SMILES string of the molecule is O=S(=O)(Cc1ccccc1)C1CCCC2C3NC4NC(NC5NC(NC6NC(NC(N3)C21)C1CCCCC61)C1CCCCC51)C1CCCCC41.[Cu]. The molecule has 4 saturated carbocycles. The van der Waals surface area contributed by atoms with Crippen molar-refractivity contribution < 1.29 is 25.5 Å². The van der Waals surface area contributed by atoms with Crippen LogP contribution in [0.25, 0.3) is 0 Å². The maximum Gasteiger partial charge on any atom is 0.157 e. The number of nitrogens with one attached hydrogen (secondary N) is 8. The van der Waals surface area contributed by atoms with E-state index in [1.54, 1.807) is 0 Å². The van der Waals surface area contributed by atoms with E-state index in [-0.39, 0.29) is 76.9 Å². The predicted molar refractivity (Wildman–Crippen MR) is 195 cm³/mol. The molecule has 0 amide bonds. The van der Waals surface area contributed by atoms with Gasteiger partial charge in [0.15, 0.2) is 9.84 Å². The van der Waals surface area contributed by atoms with Gasteiger partial charge in [0.05, 0.1) is 60.3 Å². The molecule has 8 N–H and O–H groups in total. The van der Waals surface area contributed by atoms with Crippen LogP contribution in [0, 0.1) is 47.3 Å². The average molecular weight is 771 g/mol. The smallest absolute Gasteiger partial charge is 0.157 e. The molecule has 1 aromatic carbocycles. The summed E-state index contributed by atoms with van der Waals surface area (Å²) in [7, 11) is -3.37. The molecule has 9 fully saturated rings. The number of hydrogen-bond acceptors (Lipinski definition) is 10. The average Bonchev–Trinajstić information content (AvgIpc) is 3.87. The molecule has 0 spiro atoms. The van der Waals surface area contributed by atoms with Crippen molar-refractivity contribution >= 4 is 9.84 Å². The Morgan fingerprint density at radius 1 is 0.431 bits per heavy atom. The third-order valence-corrected chi connectivity index (χ3v) is 17.7. The topological polar surface area (TPSA) is 130 Å². The fourth-order valence-corrected chi connectivity index (χ4v) is 15.6. The number of hydrogen-bond donors (Lipinski definition) is 8. The second-order valence-electron chi connectivity index (χ2n) is 18.0. The summed E-state index contributed by atoms with van der Waals surface area (Å²) in [6, 6.07) is 9.86. The first kappa shape index (κ1) is 36.0. The van der Waals surface area contributed by atoms with Crippen molar-refractivity contribution in [3.63, 3.8) is 0 Å². The van der Waals surface area contributed by atoms with Crippen LogP contribution >= 0.6 is 0 Å².